The Kier molecular flexibility index (Phi) is 13.5. The molecule has 0 amide bonds. The average Bonchev–Trinajstić information content (AvgIpc) is 3.82. The molecule has 0 radical (unpaired) electrons. The van der Waals surface area contributed by atoms with Crippen molar-refractivity contribution < 1.29 is 41.4 Å². The first kappa shape index (κ1) is 43.8. The summed E-state index contributed by atoms with van der Waals surface area (Å²) < 4.78 is 62.8. The van der Waals surface area contributed by atoms with Crippen LogP contribution in [0, 0.1) is 16.7 Å². The van der Waals surface area contributed by atoms with Crippen LogP contribution in [-0.2, 0) is 13.9 Å². The van der Waals surface area contributed by atoms with Crippen molar-refractivity contribution in [2.24, 2.45) is 16.7 Å². The molecule has 2 unspecified atom stereocenters. The molecule has 2 fully saturated rings. The quantitative estimate of drug-likeness (QED) is 0.209. The van der Waals surface area contributed by atoms with Crippen molar-refractivity contribution in [3.63, 3.8) is 0 Å². The molecule has 2 saturated carbocycles. The monoisotopic (exact) mass is 744 g/mol. The van der Waals surface area contributed by atoms with Crippen LogP contribution in [0.5, 0.6) is 5.88 Å². The third kappa shape index (κ3) is 13.0. The molecule has 0 aromatic carbocycles. The molecule has 4 rings (SSSR count). The minimum absolute atomic E-state index is 0.0979. The van der Waals surface area contributed by atoms with Gasteiger partial charge in [0.05, 0.1) is 18.1 Å². The molecule has 1 N–H and O–H groups in total. The second-order valence-corrected chi connectivity index (χ2v) is 22.0. The smallest absolute Gasteiger partial charge is 0.435 e. The first-order valence-electron chi connectivity index (χ1n) is 17.3. The SMILES string of the molecule is C=CC(O[Si](C)(C)C(C)(C)C)C1(C)CC1.CC(C)(C)OC(=O)n1ccc(=O)[nH]1.CC(COc1ccn(C(=O)OC(C)(C)C)n1)C1(C(F)(F)F)CC1. The molecule has 2 atom stereocenters. The van der Waals surface area contributed by atoms with E-state index in [1.165, 1.54) is 44.3 Å². The van der Waals surface area contributed by atoms with Gasteiger partial charge in [-0.25, -0.2) is 9.59 Å². The Morgan fingerprint density at radius 2 is 1.49 bits per heavy atom. The van der Waals surface area contributed by atoms with Gasteiger partial charge in [0.15, 0.2) is 8.32 Å². The Morgan fingerprint density at radius 1 is 0.961 bits per heavy atom. The number of alkyl halides is 3. The van der Waals surface area contributed by atoms with Crippen molar-refractivity contribution in [1.29, 1.82) is 0 Å². The zero-order valence-corrected chi connectivity index (χ0v) is 33.6. The molecular weight excluding hydrogens is 685 g/mol. The highest BCUT2D eigenvalue weighted by atomic mass is 28.4. The van der Waals surface area contributed by atoms with E-state index in [0.29, 0.717) is 10.5 Å². The summed E-state index contributed by atoms with van der Waals surface area (Å²) in [5.74, 6) is -0.574. The van der Waals surface area contributed by atoms with Crippen LogP contribution in [-0.4, -0.2) is 70.2 Å². The maximum absolute atomic E-state index is 13.0. The number of carbonyl (C=O) groups excluding carboxylic acids is 2. The van der Waals surface area contributed by atoms with E-state index in [1.807, 2.05) is 6.08 Å². The number of hydrogen-bond donors (Lipinski definition) is 1. The van der Waals surface area contributed by atoms with E-state index in [4.69, 9.17) is 18.6 Å². The van der Waals surface area contributed by atoms with Crippen molar-refractivity contribution in [2.75, 3.05) is 6.61 Å². The minimum Gasteiger partial charge on any atom is -0.476 e. The number of aromatic amines is 1. The molecule has 2 aliphatic carbocycles. The minimum atomic E-state index is -4.22. The highest BCUT2D eigenvalue weighted by Crippen LogP contribution is 2.62. The number of carbonyl (C=O) groups is 2. The zero-order valence-electron chi connectivity index (χ0n) is 32.6. The fourth-order valence-electron chi connectivity index (χ4n) is 4.56. The van der Waals surface area contributed by atoms with Gasteiger partial charge in [0.1, 0.15) is 11.2 Å². The third-order valence-corrected chi connectivity index (χ3v) is 13.7. The maximum atomic E-state index is 13.0. The fraction of sp³-hybridized carbons (Fsp3) is 0.722. The van der Waals surface area contributed by atoms with Gasteiger partial charge >= 0.3 is 18.4 Å². The normalized spacial score (nSPS) is 17.7. The highest BCUT2D eigenvalue weighted by Gasteiger charge is 2.66. The first-order chi connectivity index (χ1) is 23.0. The number of rotatable bonds is 8. The highest BCUT2D eigenvalue weighted by molar-refractivity contribution is 6.74. The molecule has 51 heavy (non-hydrogen) atoms. The lowest BCUT2D eigenvalue weighted by molar-refractivity contribution is -0.203. The van der Waals surface area contributed by atoms with E-state index in [1.54, 1.807) is 41.5 Å². The van der Waals surface area contributed by atoms with Crippen molar-refractivity contribution in [2.45, 2.75) is 143 Å². The Morgan fingerprint density at radius 3 is 1.88 bits per heavy atom. The van der Waals surface area contributed by atoms with Gasteiger partial charge in [0.25, 0.3) is 5.56 Å². The van der Waals surface area contributed by atoms with Crippen molar-refractivity contribution in [1.82, 2.24) is 19.6 Å². The van der Waals surface area contributed by atoms with Crippen LogP contribution in [0.25, 0.3) is 0 Å². The molecule has 2 aliphatic rings. The van der Waals surface area contributed by atoms with Crippen molar-refractivity contribution in [3.8, 4) is 5.88 Å². The average molecular weight is 745 g/mol. The van der Waals surface area contributed by atoms with Crippen LogP contribution in [0.4, 0.5) is 22.8 Å². The van der Waals surface area contributed by atoms with E-state index < -0.39 is 49.2 Å². The molecule has 0 spiro atoms. The topological polar surface area (TPSA) is 127 Å². The summed E-state index contributed by atoms with van der Waals surface area (Å²) in [6, 6.07) is 2.67. The van der Waals surface area contributed by atoms with Crippen LogP contribution in [0.15, 0.2) is 42.0 Å². The number of aromatic nitrogens is 4. The third-order valence-electron chi connectivity index (χ3n) is 9.29. The number of ether oxygens (including phenoxy) is 3. The lowest BCUT2D eigenvalue weighted by Gasteiger charge is -2.40. The summed E-state index contributed by atoms with van der Waals surface area (Å²) in [7, 11) is -1.63. The van der Waals surface area contributed by atoms with Gasteiger partial charge in [-0.2, -0.15) is 22.5 Å². The second kappa shape index (κ2) is 15.7. The molecule has 2 heterocycles. The van der Waals surface area contributed by atoms with E-state index in [9.17, 15) is 27.6 Å². The van der Waals surface area contributed by atoms with Gasteiger partial charge in [-0.1, -0.05) is 40.7 Å². The molecule has 0 saturated heterocycles. The number of H-pyrrole nitrogens is 1. The van der Waals surface area contributed by atoms with Gasteiger partial charge in [-0.05, 0) is 90.8 Å². The van der Waals surface area contributed by atoms with Crippen molar-refractivity contribution in [3.05, 3.63) is 47.5 Å². The predicted octanol–water partition coefficient (Wildman–Crippen LogP) is 9.35. The van der Waals surface area contributed by atoms with Crippen LogP contribution < -0.4 is 10.3 Å². The fourth-order valence-corrected chi connectivity index (χ4v) is 5.93. The summed E-state index contributed by atoms with van der Waals surface area (Å²) in [5.41, 5.74) is -2.80. The van der Waals surface area contributed by atoms with Gasteiger partial charge in [0.2, 0.25) is 5.88 Å². The summed E-state index contributed by atoms with van der Waals surface area (Å²) >= 11 is 0. The molecule has 11 nitrogen and oxygen atoms in total. The molecule has 15 heteroatoms. The second-order valence-electron chi connectivity index (χ2n) is 17.3. The Hall–Kier alpha value is -3.33. The van der Waals surface area contributed by atoms with Crippen LogP contribution >= 0.6 is 0 Å². The molecule has 0 aliphatic heterocycles. The van der Waals surface area contributed by atoms with E-state index in [0.717, 1.165) is 9.36 Å². The maximum Gasteiger partial charge on any atom is 0.435 e. The lowest BCUT2D eigenvalue weighted by Crippen LogP contribution is -2.45. The number of hydrogen-bond acceptors (Lipinski definition) is 8. The van der Waals surface area contributed by atoms with E-state index in [-0.39, 0.29) is 37.0 Å². The number of nitrogens with zero attached hydrogens (tertiary/aromatic N) is 3. The van der Waals surface area contributed by atoms with Crippen LogP contribution in [0.2, 0.25) is 18.1 Å². The first-order valence-corrected chi connectivity index (χ1v) is 20.2. The number of nitrogens with one attached hydrogen (secondary N) is 1. The van der Waals surface area contributed by atoms with Crippen LogP contribution in [0.1, 0.15) is 102 Å². The van der Waals surface area contributed by atoms with Gasteiger partial charge in [0, 0.05) is 30.4 Å². The molecule has 0 bridgehead atoms. The number of halogens is 3. The standard InChI is InChI=1S/C15H21F3N2O3.C13H26OSi.C8H12N2O3/c1-10(14(6-7-14)15(16,17)18)9-22-11-5-8-20(19-11)12(21)23-13(2,3)4;1-8-11(13(5)9-10-13)14-15(6,7)12(2,3)4;1-8(2,3)13-7(12)10-5-4-6(11)9-10/h5,8,10H,6-7,9H2,1-4H3;8,11H,1,9-10H2,2-7H3;4-5H,1-3H3,(H,9,11). The summed E-state index contributed by atoms with van der Waals surface area (Å²) in [4.78, 5) is 33.7. The molecule has 2 aromatic heterocycles. The Balaban J connectivity index is 0.000000280. The summed E-state index contributed by atoms with van der Waals surface area (Å²) in [6.07, 6.45) is 2.32. The van der Waals surface area contributed by atoms with E-state index >= 15 is 0 Å². The molecule has 290 valence electrons. The van der Waals surface area contributed by atoms with E-state index in [2.05, 4.69) is 57.6 Å². The summed E-state index contributed by atoms with van der Waals surface area (Å²) in [5, 5.41) is 6.45. The van der Waals surface area contributed by atoms with Gasteiger partial charge in [-0.15, -0.1) is 11.7 Å². The Labute approximate surface area is 301 Å². The Bertz CT molecular complexity index is 1530. The lowest BCUT2D eigenvalue weighted by atomic mass is 9.91. The molecule has 2 aromatic rings. The summed E-state index contributed by atoms with van der Waals surface area (Å²) in [6.45, 7) is 29.6. The molecular formula is C36H59F3N4O7Si. The largest absolute Gasteiger partial charge is 0.476 e. The van der Waals surface area contributed by atoms with Gasteiger partial charge in [-0.3, -0.25) is 9.89 Å². The zero-order chi connectivity index (χ0) is 39.4. The van der Waals surface area contributed by atoms with Crippen molar-refractivity contribution >= 4 is 20.5 Å². The van der Waals surface area contributed by atoms with Crippen LogP contribution in [0.3, 0.4) is 0 Å². The predicted molar refractivity (Wildman–Crippen MR) is 193 cm³/mol. The van der Waals surface area contributed by atoms with Gasteiger partial charge < -0.3 is 18.6 Å².